The Morgan fingerprint density at radius 2 is 1.77 bits per heavy atom. The smallest absolute Gasteiger partial charge is 0.241 e. The maximum Gasteiger partial charge on any atom is 0.241 e. The Balaban J connectivity index is 1.67. The summed E-state index contributed by atoms with van der Waals surface area (Å²) in [4.78, 5) is 0.201. The van der Waals surface area contributed by atoms with Gasteiger partial charge in [-0.3, -0.25) is 0 Å². The van der Waals surface area contributed by atoms with Crippen molar-refractivity contribution in [1.82, 2.24) is 4.72 Å². The minimum Gasteiger partial charge on any atom is -0.486 e. The number of halogens is 1. The van der Waals surface area contributed by atoms with Gasteiger partial charge in [-0.2, -0.15) is 0 Å². The van der Waals surface area contributed by atoms with E-state index in [0.717, 1.165) is 0 Å². The van der Waals surface area contributed by atoms with Gasteiger partial charge in [-0.1, -0.05) is 24.3 Å². The predicted molar refractivity (Wildman–Crippen MR) is 85.7 cm³/mol. The van der Waals surface area contributed by atoms with Crippen LogP contribution >= 0.6 is 15.9 Å². The molecule has 0 radical (unpaired) electrons. The summed E-state index contributed by atoms with van der Waals surface area (Å²) in [7, 11) is -3.60. The standard InChI is InChI=1S/C15H14BrNO4S/c16-12-5-1-4-8-15(12)22(18,19)17-9-11-10-20-13-6-2-3-7-14(13)21-11/h1-8,11,17H,9-10H2/t11-/m1/s1. The summed E-state index contributed by atoms with van der Waals surface area (Å²) < 4.78 is 39.0. The molecule has 1 N–H and O–H groups in total. The fraction of sp³-hybridized carbons (Fsp3) is 0.200. The van der Waals surface area contributed by atoms with E-state index in [1.54, 1.807) is 30.3 Å². The molecule has 0 unspecified atom stereocenters. The molecule has 22 heavy (non-hydrogen) atoms. The summed E-state index contributed by atoms with van der Waals surface area (Å²) in [6.07, 6.45) is -0.368. The molecule has 0 spiro atoms. The van der Waals surface area contributed by atoms with Gasteiger partial charge in [0.15, 0.2) is 11.5 Å². The molecule has 0 aliphatic carbocycles. The monoisotopic (exact) mass is 383 g/mol. The first-order chi connectivity index (χ1) is 10.6. The highest BCUT2D eigenvalue weighted by Crippen LogP contribution is 2.30. The van der Waals surface area contributed by atoms with Crippen molar-refractivity contribution in [3.8, 4) is 11.5 Å². The number of sulfonamides is 1. The summed E-state index contributed by atoms with van der Waals surface area (Å²) in [5.74, 6) is 1.30. The van der Waals surface area contributed by atoms with Crippen LogP contribution in [-0.4, -0.2) is 27.7 Å². The Hall–Kier alpha value is -1.57. The highest BCUT2D eigenvalue weighted by Gasteiger charge is 2.24. The van der Waals surface area contributed by atoms with Crippen molar-refractivity contribution in [1.29, 1.82) is 0 Å². The number of fused-ring (bicyclic) bond motifs is 1. The van der Waals surface area contributed by atoms with Crippen LogP contribution in [0.4, 0.5) is 0 Å². The maximum atomic E-state index is 12.3. The van der Waals surface area contributed by atoms with E-state index >= 15 is 0 Å². The lowest BCUT2D eigenvalue weighted by atomic mass is 10.2. The van der Waals surface area contributed by atoms with Crippen molar-refractivity contribution >= 4 is 26.0 Å². The molecule has 3 rings (SSSR count). The minimum atomic E-state index is -3.60. The molecule has 7 heteroatoms. The van der Waals surface area contributed by atoms with E-state index < -0.39 is 10.0 Å². The third-order valence-electron chi connectivity index (χ3n) is 3.19. The van der Waals surface area contributed by atoms with Gasteiger partial charge in [0.05, 0.1) is 11.4 Å². The molecular weight excluding hydrogens is 370 g/mol. The highest BCUT2D eigenvalue weighted by molar-refractivity contribution is 9.10. The third-order valence-corrected chi connectivity index (χ3v) is 5.63. The normalized spacial score (nSPS) is 17.2. The van der Waals surface area contributed by atoms with Crippen molar-refractivity contribution in [2.24, 2.45) is 0 Å². The Labute approximate surface area is 137 Å². The average Bonchev–Trinajstić information content (AvgIpc) is 2.53. The van der Waals surface area contributed by atoms with Crippen LogP contribution in [-0.2, 0) is 10.0 Å². The second-order valence-corrected chi connectivity index (χ2v) is 7.37. The summed E-state index contributed by atoms with van der Waals surface area (Å²) in [6.45, 7) is 0.438. The molecule has 116 valence electrons. The molecular formula is C15H14BrNO4S. The van der Waals surface area contributed by atoms with Crippen LogP contribution < -0.4 is 14.2 Å². The summed E-state index contributed by atoms with van der Waals surface area (Å²) in [6, 6.07) is 14.0. The van der Waals surface area contributed by atoms with Crippen LogP contribution in [0.1, 0.15) is 0 Å². The van der Waals surface area contributed by atoms with E-state index in [-0.39, 0.29) is 17.5 Å². The molecule has 0 bridgehead atoms. The highest BCUT2D eigenvalue weighted by atomic mass is 79.9. The molecule has 0 aromatic heterocycles. The van der Waals surface area contributed by atoms with E-state index in [1.807, 2.05) is 18.2 Å². The molecule has 2 aromatic rings. The van der Waals surface area contributed by atoms with E-state index in [1.165, 1.54) is 0 Å². The zero-order valence-corrected chi connectivity index (χ0v) is 13.9. The number of hydrogen-bond donors (Lipinski definition) is 1. The summed E-state index contributed by atoms with van der Waals surface area (Å²) in [5, 5.41) is 0. The molecule has 2 aromatic carbocycles. The molecule has 1 aliphatic rings. The first kappa shape index (κ1) is 15.3. The van der Waals surface area contributed by atoms with E-state index in [9.17, 15) is 8.42 Å². The second-order valence-electron chi connectivity index (χ2n) is 4.78. The van der Waals surface area contributed by atoms with Crippen LogP contribution in [0, 0.1) is 0 Å². The van der Waals surface area contributed by atoms with Crippen LogP contribution in [0.2, 0.25) is 0 Å². The number of hydrogen-bond acceptors (Lipinski definition) is 4. The van der Waals surface area contributed by atoms with Gasteiger partial charge < -0.3 is 9.47 Å². The molecule has 1 heterocycles. The van der Waals surface area contributed by atoms with Crippen LogP contribution in [0.5, 0.6) is 11.5 Å². The lowest BCUT2D eigenvalue weighted by molar-refractivity contribution is 0.0943. The lowest BCUT2D eigenvalue weighted by Gasteiger charge is -2.26. The van der Waals surface area contributed by atoms with Crippen molar-refractivity contribution in [2.45, 2.75) is 11.0 Å². The van der Waals surface area contributed by atoms with E-state index in [2.05, 4.69) is 20.7 Å². The van der Waals surface area contributed by atoms with Crippen LogP contribution in [0.25, 0.3) is 0 Å². The lowest BCUT2D eigenvalue weighted by Crippen LogP contribution is -2.40. The molecule has 0 fully saturated rings. The molecule has 0 amide bonds. The molecule has 0 saturated heterocycles. The van der Waals surface area contributed by atoms with E-state index in [4.69, 9.17) is 9.47 Å². The van der Waals surface area contributed by atoms with Crippen molar-refractivity contribution in [3.63, 3.8) is 0 Å². The van der Waals surface area contributed by atoms with Crippen molar-refractivity contribution in [3.05, 3.63) is 53.0 Å². The SMILES string of the molecule is O=S(=O)(NC[C@@H]1COc2ccccc2O1)c1ccccc1Br. The van der Waals surface area contributed by atoms with Gasteiger partial charge in [-0.05, 0) is 40.2 Å². The molecule has 0 saturated carbocycles. The maximum absolute atomic E-state index is 12.3. The zero-order valence-electron chi connectivity index (χ0n) is 11.5. The number of nitrogens with one attached hydrogen (secondary N) is 1. The molecule has 1 atom stereocenters. The first-order valence-electron chi connectivity index (χ1n) is 6.69. The Morgan fingerprint density at radius 3 is 2.55 bits per heavy atom. The Bertz CT molecular complexity index is 779. The number of benzene rings is 2. The molecule has 1 aliphatic heterocycles. The van der Waals surface area contributed by atoms with Crippen LogP contribution in [0.15, 0.2) is 57.9 Å². The fourth-order valence-electron chi connectivity index (χ4n) is 2.11. The fourth-order valence-corrected chi connectivity index (χ4v) is 4.17. The van der Waals surface area contributed by atoms with Gasteiger partial charge >= 0.3 is 0 Å². The molecule has 5 nitrogen and oxygen atoms in total. The van der Waals surface area contributed by atoms with Gasteiger partial charge in [-0.15, -0.1) is 0 Å². The van der Waals surface area contributed by atoms with E-state index in [0.29, 0.717) is 22.6 Å². The third kappa shape index (κ3) is 3.26. The summed E-state index contributed by atoms with van der Waals surface area (Å²) >= 11 is 3.24. The Morgan fingerprint density at radius 1 is 1.09 bits per heavy atom. The van der Waals surface area contributed by atoms with Gasteiger partial charge in [0.2, 0.25) is 10.0 Å². The topological polar surface area (TPSA) is 64.6 Å². The van der Waals surface area contributed by atoms with Crippen molar-refractivity contribution < 1.29 is 17.9 Å². The largest absolute Gasteiger partial charge is 0.486 e. The quantitative estimate of drug-likeness (QED) is 0.880. The van der Waals surface area contributed by atoms with Crippen molar-refractivity contribution in [2.75, 3.05) is 13.2 Å². The minimum absolute atomic E-state index is 0.137. The number of rotatable bonds is 4. The van der Waals surface area contributed by atoms with Gasteiger partial charge in [0, 0.05) is 4.47 Å². The Kier molecular flexibility index (Phi) is 4.37. The second kappa shape index (κ2) is 6.28. The van der Waals surface area contributed by atoms with Gasteiger partial charge in [0.1, 0.15) is 12.7 Å². The zero-order chi connectivity index (χ0) is 15.6. The predicted octanol–water partition coefficient (Wildman–Crippen LogP) is 2.57. The number of para-hydroxylation sites is 2. The van der Waals surface area contributed by atoms with Gasteiger partial charge in [-0.25, -0.2) is 13.1 Å². The van der Waals surface area contributed by atoms with Crippen LogP contribution in [0.3, 0.4) is 0 Å². The average molecular weight is 384 g/mol. The first-order valence-corrected chi connectivity index (χ1v) is 8.96. The van der Waals surface area contributed by atoms with Gasteiger partial charge in [0.25, 0.3) is 0 Å². The number of ether oxygens (including phenoxy) is 2. The summed E-state index contributed by atoms with van der Waals surface area (Å²) in [5.41, 5.74) is 0.